The lowest BCUT2D eigenvalue weighted by atomic mass is 10.0. The van der Waals surface area contributed by atoms with Crippen molar-refractivity contribution in [2.45, 2.75) is 6.54 Å². The fourth-order valence-corrected chi connectivity index (χ4v) is 2.49. The predicted molar refractivity (Wildman–Crippen MR) is 81.0 cm³/mol. The Kier molecular flexibility index (Phi) is 3.65. The number of fused-ring (bicyclic) bond motifs is 1. The van der Waals surface area contributed by atoms with E-state index in [0.717, 1.165) is 0 Å². The molecule has 3 rings (SSSR count). The van der Waals surface area contributed by atoms with Gasteiger partial charge < -0.3 is 4.74 Å². The molecule has 0 atom stereocenters. The minimum atomic E-state index is -0.317. The van der Waals surface area contributed by atoms with Crippen molar-refractivity contribution in [2.75, 3.05) is 7.11 Å². The molecule has 0 spiro atoms. The first-order valence-electron chi connectivity index (χ1n) is 6.82. The average molecular weight is 278 g/mol. The zero-order valence-electron chi connectivity index (χ0n) is 11.8. The minimum Gasteiger partial charge on any atom is -0.465 e. The Morgan fingerprint density at radius 2 is 1.86 bits per heavy atom. The number of nitrogens with zero attached hydrogens (tertiary/aromatic N) is 1. The van der Waals surface area contributed by atoms with Gasteiger partial charge in [-0.2, -0.15) is 4.57 Å². The van der Waals surface area contributed by atoms with E-state index in [-0.39, 0.29) is 5.97 Å². The molecule has 2 aromatic carbocycles. The van der Waals surface area contributed by atoms with Crippen molar-refractivity contribution in [1.82, 2.24) is 0 Å². The lowest BCUT2D eigenvalue weighted by molar-refractivity contribution is -0.688. The van der Waals surface area contributed by atoms with Crippen molar-refractivity contribution < 1.29 is 14.1 Å². The van der Waals surface area contributed by atoms with Crippen molar-refractivity contribution in [3.63, 3.8) is 0 Å². The molecule has 0 bridgehead atoms. The number of carbonyl (C=O) groups excluding carboxylic acids is 1. The number of esters is 1. The molecule has 0 unspecified atom stereocenters. The summed E-state index contributed by atoms with van der Waals surface area (Å²) in [6.07, 6.45) is 3.77. The van der Waals surface area contributed by atoms with E-state index in [1.54, 1.807) is 6.07 Å². The highest BCUT2D eigenvalue weighted by Gasteiger charge is 2.12. The van der Waals surface area contributed by atoms with Crippen LogP contribution in [0.15, 0.2) is 67.0 Å². The highest BCUT2D eigenvalue weighted by atomic mass is 16.5. The first kappa shape index (κ1) is 13.3. The molecular weight excluding hydrogens is 262 g/mol. The highest BCUT2D eigenvalue weighted by Crippen LogP contribution is 2.18. The summed E-state index contributed by atoms with van der Waals surface area (Å²) in [4.78, 5) is 11.6. The van der Waals surface area contributed by atoms with Gasteiger partial charge in [0.05, 0.1) is 7.11 Å². The van der Waals surface area contributed by atoms with Gasteiger partial charge in [-0.3, -0.25) is 0 Å². The highest BCUT2D eigenvalue weighted by molar-refractivity contribution is 5.88. The molecule has 0 saturated heterocycles. The van der Waals surface area contributed by atoms with Crippen molar-refractivity contribution in [3.05, 3.63) is 78.1 Å². The van der Waals surface area contributed by atoms with Crippen LogP contribution in [-0.2, 0) is 11.3 Å². The zero-order chi connectivity index (χ0) is 14.7. The maximum Gasteiger partial charge on any atom is 0.343 e. The van der Waals surface area contributed by atoms with Gasteiger partial charge in [-0.05, 0) is 16.8 Å². The lowest BCUT2D eigenvalue weighted by Crippen LogP contribution is -2.34. The number of hydrogen-bond acceptors (Lipinski definition) is 2. The Morgan fingerprint density at radius 1 is 1.05 bits per heavy atom. The van der Waals surface area contributed by atoms with E-state index < -0.39 is 0 Å². The molecule has 0 saturated carbocycles. The third kappa shape index (κ3) is 2.77. The Hall–Kier alpha value is -2.68. The van der Waals surface area contributed by atoms with Gasteiger partial charge in [-0.15, -0.1) is 0 Å². The van der Waals surface area contributed by atoms with Crippen molar-refractivity contribution in [1.29, 1.82) is 0 Å². The fraction of sp³-hybridized carbons (Fsp3) is 0.111. The molecular formula is C18H16NO2+. The first-order chi connectivity index (χ1) is 10.3. The summed E-state index contributed by atoms with van der Waals surface area (Å²) >= 11 is 0. The number of ether oxygens (including phenoxy) is 1. The van der Waals surface area contributed by atoms with Crippen LogP contribution in [0.5, 0.6) is 0 Å². The standard InChI is InChI=1S/C18H16NO2/c1-21-18(20)16-9-5-11-19(13-16)12-15-8-4-7-14-6-2-3-10-17(14)15/h2-11,13H,12H2,1H3/q+1. The van der Waals surface area contributed by atoms with Gasteiger partial charge in [0.1, 0.15) is 5.56 Å². The fourth-order valence-electron chi connectivity index (χ4n) is 2.49. The summed E-state index contributed by atoms with van der Waals surface area (Å²) in [5.74, 6) is -0.317. The lowest BCUT2D eigenvalue weighted by Gasteiger charge is -2.04. The van der Waals surface area contributed by atoms with Gasteiger partial charge in [0.25, 0.3) is 0 Å². The second kappa shape index (κ2) is 5.75. The van der Waals surface area contributed by atoms with E-state index >= 15 is 0 Å². The average Bonchev–Trinajstić information content (AvgIpc) is 2.55. The molecule has 1 aromatic heterocycles. The number of carbonyl (C=O) groups is 1. The quantitative estimate of drug-likeness (QED) is 0.544. The Labute approximate surface area is 123 Å². The van der Waals surface area contributed by atoms with Crippen LogP contribution in [-0.4, -0.2) is 13.1 Å². The van der Waals surface area contributed by atoms with E-state index in [4.69, 9.17) is 4.74 Å². The summed E-state index contributed by atoms with van der Waals surface area (Å²) in [6.45, 7) is 0.714. The number of aromatic nitrogens is 1. The van der Waals surface area contributed by atoms with Gasteiger partial charge in [0.15, 0.2) is 18.9 Å². The maximum absolute atomic E-state index is 11.6. The summed E-state index contributed by atoms with van der Waals surface area (Å²) in [5.41, 5.74) is 1.78. The second-order valence-electron chi connectivity index (χ2n) is 4.89. The van der Waals surface area contributed by atoms with Crippen LogP contribution < -0.4 is 4.57 Å². The SMILES string of the molecule is COC(=O)c1ccc[n+](Cc2cccc3ccccc23)c1. The van der Waals surface area contributed by atoms with Crippen LogP contribution in [0.25, 0.3) is 10.8 Å². The van der Waals surface area contributed by atoms with Crippen LogP contribution >= 0.6 is 0 Å². The smallest absolute Gasteiger partial charge is 0.343 e. The Balaban J connectivity index is 1.97. The maximum atomic E-state index is 11.6. The topological polar surface area (TPSA) is 30.2 Å². The normalized spacial score (nSPS) is 10.5. The van der Waals surface area contributed by atoms with E-state index in [1.807, 2.05) is 35.2 Å². The molecule has 0 aliphatic rings. The van der Waals surface area contributed by atoms with Crippen LogP contribution in [0.2, 0.25) is 0 Å². The molecule has 0 amide bonds. The van der Waals surface area contributed by atoms with Gasteiger partial charge >= 0.3 is 5.97 Å². The van der Waals surface area contributed by atoms with E-state index in [9.17, 15) is 4.79 Å². The molecule has 0 radical (unpaired) electrons. The van der Waals surface area contributed by atoms with Crippen LogP contribution in [0.3, 0.4) is 0 Å². The molecule has 104 valence electrons. The molecule has 1 heterocycles. The molecule has 21 heavy (non-hydrogen) atoms. The van der Waals surface area contributed by atoms with Gasteiger partial charge in [0, 0.05) is 11.6 Å². The largest absolute Gasteiger partial charge is 0.465 e. The summed E-state index contributed by atoms with van der Waals surface area (Å²) in [7, 11) is 1.39. The van der Waals surface area contributed by atoms with Crippen molar-refractivity contribution >= 4 is 16.7 Å². The van der Waals surface area contributed by atoms with E-state index in [1.165, 1.54) is 23.4 Å². The minimum absolute atomic E-state index is 0.317. The van der Waals surface area contributed by atoms with E-state index in [2.05, 4.69) is 30.3 Å². The molecule has 0 aliphatic heterocycles. The summed E-state index contributed by atoms with van der Waals surface area (Å²) in [6, 6.07) is 18.2. The summed E-state index contributed by atoms with van der Waals surface area (Å²) in [5, 5.41) is 2.45. The van der Waals surface area contributed by atoms with E-state index in [0.29, 0.717) is 12.1 Å². The molecule has 3 aromatic rings. The molecule has 3 heteroatoms. The number of hydrogen-bond donors (Lipinski definition) is 0. The number of rotatable bonds is 3. The van der Waals surface area contributed by atoms with Gasteiger partial charge in [-0.1, -0.05) is 42.5 Å². The van der Waals surface area contributed by atoms with Gasteiger partial charge in [0.2, 0.25) is 0 Å². The Morgan fingerprint density at radius 3 is 2.71 bits per heavy atom. The number of pyridine rings is 1. The van der Waals surface area contributed by atoms with Crippen molar-refractivity contribution in [3.8, 4) is 0 Å². The number of methoxy groups -OCH3 is 1. The number of benzene rings is 2. The molecule has 0 N–H and O–H groups in total. The third-order valence-electron chi connectivity index (χ3n) is 3.51. The first-order valence-corrected chi connectivity index (χ1v) is 6.82. The van der Waals surface area contributed by atoms with Crippen molar-refractivity contribution in [2.24, 2.45) is 0 Å². The second-order valence-corrected chi connectivity index (χ2v) is 4.89. The monoisotopic (exact) mass is 278 g/mol. The third-order valence-corrected chi connectivity index (χ3v) is 3.51. The Bertz CT molecular complexity index is 791. The predicted octanol–water partition coefficient (Wildman–Crippen LogP) is 2.96. The van der Waals surface area contributed by atoms with Gasteiger partial charge in [-0.25, -0.2) is 4.79 Å². The molecule has 0 aliphatic carbocycles. The van der Waals surface area contributed by atoms with Crippen LogP contribution in [0, 0.1) is 0 Å². The zero-order valence-corrected chi connectivity index (χ0v) is 11.8. The molecule has 3 nitrogen and oxygen atoms in total. The summed E-state index contributed by atoms with van der Waals surface area (Å²) < 4.78 is 6.75. The van der Waals surface area contributed by atoms with Crippen LogP contribution in [0.1, 0.15) is 15.9 Å². The van der Waals surface area contributed by atoms with Crippen LogP contribution in [0.4, 0.5) is 0 Å². The molecule has 0 fully saturated rings.